The Labute approximate surface area is 67.6 Å². The molecule has 0 bridgehead atoms. The van der Waals surface area contributed by atoms with Crippen LogP contribution in [0.3, 0.4) is 0 Å². The van der Waals surface area contributed by atoms with Crippen LogP contribution in [-0.2, 0) is 4.74 Å². The van der Waals surface area contributed by atoms with Gasteiger partial charge in [-0.1, -0.05) is 0 Å². The lowest BCUT2D eigenvalue weighted by Crippen LogP contribution is -2.00. The van der Waals surface area contributed by atoms with Crippen LogP contribution >= 0.6 is 11.3 Å². The Balaban J connectivity index is 3.04. The Hall–Kier alpha value is -0.900. The summed E-state index contributed by atoms with van der Waals surface area (Å²) < 4.78 is 17.3. The Bertz CT molecular complexity index is 280. The van der Waals surface area contributed by atoms with Crippen LogP contribution in [0.15, 0.2) is 5.38 Å². The highest BCUT2D eigenvalue weighted by atomic mass is 32.1. The normalized spacial score (nSPS) is 9.73. The number of aryl methyl sites for hydroxylation is 1. The average Bonchev–Trinajstić information content (AvgIpc) is 2.32. The predicted octanol–water partition coefficient (Wildman–Crippen LogP) is 1.98. The maximum atomic E-state index is 12.9. The lowest BCUT2D eigenvalue weighted by Gasteiger charge is -1.93. The third-order valence-corrected chi connectivity index (χ3v) is 2.32. The fourth-order valence-corrected chi connectivity index (χ4v) is 1.50. The third-order valence-electron chi connectivity index (χ3n) is 1.27. The van der Waals surface area contributed by atoms with Gasteiger partial charge in [0.1, 0.15) is 4.88 Å². The van der Waals surface area contributed by atoms with Gasteiger partial charge in [-0.05, 0) is 17.9 Å². The van der Waals surface area contributed by atoms with Gasteiger partial charge in [-0.15, -0.1) is 11.3 Å². The smallest absolute Gasteiger partial charge is 0.351 e. The molecule has 0 spiro atoms. The average molecular weight is 174 g/mol. The fraction of sp³-hybridized carbons (Fsp3) is 0.286. The molecule has 0 aromatic carbocycles. The standard InChI is InChI=1S/C7H7FO2S/c1-4-3-11-6(5(4)8)7(9)10-2/h3H,1-2H3. The van der Waals surface area contributed by atoms with E-state index < -0.39 is 11.8 Å². The largest absolute Gasteiger partial charge is 0.465 e. The van der Waals surface area contributed by atoms with Gasteiger partial charge in [-0.25, -0.2) is 9.18 Å². The number of halogens is 1. The van der Waals surface area contributed by atoms with Gasteiger partial charge in [0.2, 0.25) is 0 Å². The number of esters is 1. The minimum absolute atomic E-state index is 0.0463. The molecule has 1 rings (SSSR count). The van der Waals surface area contributed by atoms with Gasteiger partial charge in [-0.2, -0.15) is 0 Å². The quantitative estimate of drug-likeness (QED) is 0.608. The minimum atomic E-state index is -0.611. The Morgan fingerprint density at radius 3 is 2.73 bits per heavy atom. The fourth-order valence-electron chi connectivity index (χ4n) is 0.660. The molecule has 0 N–H and O–H groups in total. The summed E-state index contributed by atoms with van der Waals surface area (Å²) in [5.74, 6) is -1.08. The monoisotopic (exact) mass is 174 g/mol. The summed E-state index contributed by atoms with van der Waals surface area (Å²) in [7, 11) is 1.23. The SMILES string of the molecule is COC(=O)c1scc(C)c1F. The highest BCUT2D eigenvalue weighted by Gasteiger charge is 2.15. The van der Waals surface area contributed by atoms with Crippen molar-refractivity contribution in [1.29, 1.82) is 0 Å². The van der Waals surface area contributed by atoms with Crippen LogP contribution in [0.4, 0.5) is 4.39 Å². The molecule has 1 aromatic heterocycles. The second kappa shape index (κ2) is 3.00. The van der Waals surface area contributed by atoms with Crippen molar-refractivity contribution in [3.8, 4) is 0 Å². The number of carbonyl (C=O) groups excluding carboxylic acids is 1. The molecular formula is C7H7FO2S. The zero-order valence-corrected chi connectivity index (χ0v) is 7.00. The number of methoxy groups -OCH3 is 1. The number of rotatable bonds is 1. The first-order valence-electron chi connectivity index (χ1n) is 2.98. The summed E-state index contributed by atoms with van der Waals surface area (Å²) in [6, 6.07) is 0. The van der Waals surface area contributed by atoms with Crippen molar-refractivity contribution < 1.29 is 13.9 Å². The molecule has 4 heteroatoms. The van der Waals surface area contributed by atoms with E-state index >= 15 is 0 Å². The molecule has 60 valence electrons. The predicted molar refractivity (Wildman–Crippen MR) is 40.4 cm³/mol. The molecular weight excluding hydrogens is 167 g/mol. The van der Waals surface area contributed by atoms with Crippen LogP contribution in [0.5, 0.6) is 0 Å². The highest BCUT2D eigenvalue weighted by molar-refractivity contribution is 7.12. The van der Waals surface area contributed by atoms with Crippen LogP contribution in [0.2, 0.25) is 0 Å². The lowest BCUT2D eigenvalue weighted by atomic mass is 10.3. The molecule has 2 nitrogen and oxygen atoms in total. The second-order valence-corrected chi connectivity index (χ2v) is 2.93. The second-order valence-electron chi connectivity index (χ2n) is 2.05. The number of hydrogen-bond acceptors (Lipinski definition) is 3. The van der Waals surface area contributed by atoms with Crippen LogP contribution in [0, 0.1) is 12.7 Å². The molecule has 0 atom stereocenters. The lowest BCUT2D eigenvalue weighted by molar-refractivity contribution is 0.0601. The topological polar surface area (TPSA) is 26.3 Å². The molecule has 0 amide bonds. The van der Waals surface area contributed by atoms with E-state index in [4.69, 9.17) is 0 Å². The van der Waals surface area contributed by atoms with Gasteiger partial charge in [0.05, 0.1) is 7.11 Å². The van der Waals surface area contributed by atoms with E-state index in [-0.39, 0.29) is 4.88 Å². The molecule has 0 aliphatic carbocycles. The first-order chi connectivity index (χ1) is 5.16. The molecule has 0 unspecified atom stereocenters. The van der Waals surface area contributed by atoms with Gasteiger partial charge < -0.3 is 4.74 Å². The highest BCUT2D eigenvalue weighted by Crippen LogP contribution is 2.20. The summed E-state index contributed by atoms with van der Waals surface area (Å²) in [5, 5.41) is 1.58. The van der Waals surface area contributed by atoms with E-state index in [1.54, 1.807) is 12.3 Å². The molecule has 11 heavy (non-hydrogen) atoms. The molecule has 1 heterocycles. The first-order valence-corrected chi connectivity index (χ1v) is 3.86. The number of ether oxygens (including phenoxy) is 1. The van der Waals surface area contributed by atoms with Crippen molar-refractivity contribution in [1.82, 2.24) is 0 Å². The van der Waals surface area contributed by atoms with Gasteiger partial charge >= 0.3 is 5.97 Å². The molecule has 0 saturated heterocycles. The zero-order chi connectivity index (χ0) is 8.43. The third kappa shape index (κ3) is 1.40. The summed E-state index contributed by atoms with van der Waals surface area (Å²) in [6.07, 6.45) is 0. The maximum Gasteiger partial charge on any atom is 0.351 e. The van der Waals surface area contributed by atoms with E-state index in [1.807, 2.05) is 0 Å². The van der Waals surface area contributed by atoms with Crippen LogP contribution in [-0.4, -0.2) is 13.1 Å². The summed E-state index contributed by atoms with van der Waals surface area (Å²) in [4.78, 5) is 10.8. The van der Waals surface area contributed by atoms with E-state index in [1.165, 1.54) is 7.11 Å². The van der Waals surface area contributed by atoms with Gasteiger partial charge in [0, 0.05) is 0 Å². The number of carbonyl (C=O) groups is 1. The van der Waals surface area contributed by atoms with Gasteiger partial charge in [0.25, 0.3) is 0 Å². The number of thiophene rings is 1. The van der Waals surface area contributed by atoms with Crippen molar-refractivity contribution in [3.05, 3.63) is 21.6 Å². The zero-order valence-electron chi connectivity index (χ0n) is 6.18. The van der Waals surface area contributed by atoms with E-state index in [9.17, 15) is 9.18 Å². The van der Waals surface area contributed by atoms with Gasteiger partial charge in [0.15, 0.2) is 5.82 Å². The summed E-state index contributed by atoms with van der Waals surface area (Å²) >= 11 is 1.06. The van der Waals surface area contributed by atoms with E-state index in [0.29, 0.717) is 5.56 Å². The number of hydrogen-bond donors (Lipinski definition) is 0. The Kier molecular flexibility index (Phi) is 2.24. The van der Waals surface area contributed by atoms with Crippen molar-refractivity contribution in [2.75, 3.05) is 7.11 Å². The molecule has 0 radical (unpaired) electrons. The van der Waals surface area contributed by atoms with Crippen LogP contribution in [0.1, 0.15) is 15.2 Å². The Morgan fingerprint density at radius 1 is 1.73 bits per heavy atom. The van der Waals surface area contributed by atoms with Crippen molar-refractivity contribution in [2.24, 2.45) is 0 Å². The van der Waals surface area contributed by atoms with Crippen LogP contribution in [0.25, 0.3) is 0 Å². The minimum Gasteiger partial charge on any atom is -0.465 e. The van der Waals surface area contributed by atoms with Gasteiger partial charge in [-0.3, -0.25) is 0 Å². The van der Waals surface area contributed by atoms with Crippen molar-refractivity contribution >= 4 is 17.3 Å². The first kappa shape index (κ1) is 8.20. The molecule has 1 aromatic rings. The summed E-state index contributed by atoms with van der Waals surface area (Å²) in [5.41, 5.74) is 0.482. The van der Waals surface area contributed by atoms with E-state index in [2.05, 4.69) is 4.74 Å². The van der Waals surface area contributed by atoms with Crippen LogP contribution < -0.4 is 0 Å². The molecule has 0 aliphatic rings. The summed E-state index contributed by atoms with van der Waals surface area (Å²) in [6.45, 7) is 1.61. The van der Waals surface area contributed by atoms with E-state index in [0.717, 1.165) is 11.3 Å². The molecule has 0 aliphatic heterocycles. The maximum absolute atomic E-state index is 12.9. The molecule has 0 saturated carbocycles. The molecule has 0 fully saturated rings. The van der Waals surface area contributed by atoms with Crippen molar-refractivity contribution in [3.63, 3.8) is 0 Å². The Morgan fingerprint density at radius 2 is 2.36 bits per heavy atom. The van der Waals surface area contributed by atoms with Crippen molar-refractivity contribution in [2.45, 2.75) is 6.92 Å².